The van der Waals surface area contributed by atoms with E-state index in [1.165, 1.54) is 11.1 Å². The molecule has 16 heavy (non-hydrogen) atoms. The molecule has 1 heterocycles. The summed E-state index contributed by atoms with van der Waals surface area (Å²) >= 11 is 2.02. The van der Waals surface area contributed by atoms with Gasteiger partial charge < -0.3 is 5.32 Å². The highest BCUT2D eigenvalue weighted by Gasteiger charge is 2.22. The summed E-state index contributed by atoms with van der Waals surface area (Å²) in [5, 5.41) is 4.76. The number of thioether (sulfide) groups is 1. The number of hydrogen-bond donors (Lipinski definition) is 1. The van der Waals surface area contributed by atoms with Crippen LogP contribution in [0.3, 0.4) is 0 Å². The third-order valence-corrected chi connectivity index (χ3v) is 4.38. The van der Waals surface area contributed by atoms with E-state index in [1.807, 2.05) is 11.8 Å². The maximum absolute atomic E-state index is 3.54. The van der Waals surface area contributed by atoms with Gasteiger partial charge in [0.2, 0.25) is 0 Å². The topological polar surface area (TPSA) is 12.0 Å². The molecule has 0 saturated carbocycles. The molecule has 1 aromatic carbocycles. The van der Waals surface area contributed by atoms with Crippen molar-refractivity contribution in [3.8, 4) is 0 Å². The first-order valence-electron chi connectivity index (χ1n) is 5.96. The van der Waals surface area contributed by atoms with Gasteiger partial charge in [0.05, 0.1) is 5.37 Å². The molecule has 2 unspecified atom stereocenters. The summed E-state index contributed by atoms with van der Waals surface area (Å²) in [7, 11) is 0. The third-order valence-electron chi connectivity index (χ3n) is 3.04. The number of nitrogens with one attached hydrogen (secondary N) is 1. The monoisotopic (exact) mass is 235 g/mol. The van der Waals surface area contributed by atoms with Crippen LogP contribution in [-0.2, 0) is 5.41 Å². The van der Waals surface area contributed by atoms with Crippen LogP contribution in [0.5, 0.6) is 0 Å². The van der Waals surface area contributed by atoms with Crippen molar-refractivity contribution >= 4 is 11.8 Å². The molecule has 1 aromatic rings. The second-order valence-corrected chi connectivity index (χ2v) is 7.16. The molecule has 2 rings (SSSR count). The summed E-state index contributed by atoms with van der Waals surface area (Å²) in [6.07, 6.45) is 0. The molecule has 0 radical (unpaired) electrons. The molecule has 0 aliphatic carbocycles. The van der Waals surface area contributed by atoms with E-state index < -0.39 is 0 Å². The first-order valence-corrected chi connectivity index (χ1v) is 6.90. The van der Waals surface area contributed by atoms with E-state index in [1.54, 1.807) is 0 Å². The SMILES string of the molecule is CC1CNC(c2ccc(C(C)(C)C)cc2)S1. The average Bonchev–Trinajstić information content (AvgIpc) is 2.64. The minimum atomic E-state index is 0.252. The van der Waals surface area contributed by atoms with Crippen LogP contribution in [0.2, 0.25) is 0 Å². The number of benzene rings is 1. The van der Waals surface area contributed by atoms with Crippen LogP contribution in [0.25, 0.3) is 0 Å². The molecule has 1 fully saturated rings. The van der Waals surface area contributed by atoms with E-state index in [2.05, 4.69) is 57.3 Å². The van der Waals surface area contributed by atoms with Crippen LogP contribution in [0, 0.1) is 0 Å². The van der Waals surface area contributed by atoms with Crippen molar-refractivity contribution in [2.45, 2.75) is 43.7 Å². The van der Waals surface area contributed by atoms with Gasteiger partial charge in [-0.05, 0) is 16.5 Å². The van der Waals surface area contributed by atoms with Crippen LogP contribution in [0.1, 0.15) is 44.2 Å². The molecule has 88 valence electrons. The Balaban J connectivity index is 2.14. The average molecular weight is 235 g/mol. The van der Waals surface area contributed by atoms with Gasteiger partial charge in [-0.15, -0.1) is 11.8 Å². The van der Waals surface area contributed by atoms with Crippen molar-refractivity contribution in [2.75, 3.05) is 6.54 Å². The van der Waals surface area contributed by atoms with Crippen molar-refractivity contribution in [3.05, 3.63) is 35.4 Å². The molecule has 1 saturated heterocycles. The van der Waals surface area contributed by atoms with Gasteiger partial charge in [-0.2, -0.15) is 0 Å². The molecule has 2 heteroatoms. The normalized spacial score (nSPS) is 26.0. The minimum absolute atomic E-state index is 0.252. The maximum Gasteiger partial charge on any atom is 0.0792 e. The van der Waals surface area contributed by atoms with Gasteiger partial charge in [-0.25, -0.2) is 0 Å². The number of hydrogen-bond acceptors (Lipinski definition) is 2. The smallest absolute Gasteiger partial charge is 0.0792 e. The van der Waals surface area contributed by atoms with E-state index >= 15 is 0 Å². The Kier molecular flexibility index (Phi) is 3.32. The molecule has 0 amide bonds. The Bertz CT molecular complexity index is 350. The minimum Gasteiger partial charge on any atom is -0.301 e. The van der Waals surface area contributed by atoms with Gasteiger partial charge in [0, 0.05) is 11.8 Å². The van der Waals surface area contributed by atoms with Crippen LogP contribution < -0.4 is 5.32 Å². The highest BCUT2D eigenvalue weighted by molar-refractivity contribution is 8.00. The fourth-order valence-corrected chi connectivity index (χ4v) is 3.12. The third kappa shape index (κ3) is 2.61. The summed E-state index contributed by atoms with van der Waals surface area (Å²) in [4.78, 5) is 0. The fraction of sp³-hybridized carbons (Fsp3) is 0.571. The van der Waals surface area contributed by atoms with Gasteiger partial charge >= 0.3 is 0 Å². The molecule has 1 N–H and O–H groups in total. The Hall–Kier alpha value is -0.470. The molecule has 2 atom stereocenters. The highest BCUT2D eigenvalue weighted by atomic mass is 32.2. The van der Waals surface area contributed by atoms with E-state index in [0.717, 1.165) is 11.8 Å². The lowest BCUT2D eigenvalue weighted by molar-refractivity contribution is 0.589. The summed E-state index contributed by atoms with van der Waals surface area (Å²) < 4.78 is 0. The van der Waals surface area contributed by atoms with Gasteiger partial charge in [-0.1, -0.05) is 52.0 Å². The molecule has 0 spiro atoms. The van der Waals surface area contributed by atoms with Crippen molar-refractivity contribution in [2.24, 2.45) is 0 Å². The Morgan fingerprint density at radius 2 is 1.81 bits per heavy atom. The Labute approximate surface area is 103 Å². The zero-order chi connectivity index (χ0) is 11.8. The summed E-state index contributed by atoms with van der Waals surface area (Å²) in [5.74, 6) is 0. The summed E-state index contributed by atoms with van der Waals surface area (Å²) in [5.41, 5.74) is 3.07. The predicted octanol–water partition coefficient (Wildman–Crippen LogP) is 3.71. The largest absolute Gasteiger partial charge is 0.301 e. The van der Waals surface area contributed by atoms with Crippen molar-refractivity contribution in [1.82, 2.24) is 5.32 Å². The highest BCUT2D eigenvalue weighted by Crippen LogP contribution is 2.35. The predicted molar refractivity (Wildman–Crippen MR) is 72.9 cm³/mol. The zero-order valence-corrected chi connectivity index (χ0v) is 11.4. The second-order valence-electron chi connectivity index (χ2n) is 5.61. The molecule has 0 aromatic heterocycles. The molecule has 1 aliphatic heterocycles. The molecule has 0 bridgehead atoms. The molecular weight excluding hydrogens is 214 g/mol. The van der Waals surface area contributed by atoms with Gasteiger partial charge in [0.25, 0.3) is 0 Å². The second kappa shape index (κ2) is 4.42. The lowest BCUT2D eigenvalue weighted by Crippen LogP contribution is -2.15. The summed E-state index contributed by atoms with van der Waals surface area (Å²) in [6, 6.07) is 9.06. The standard InChI is InChI=1S/C14H21NS/c1-10-9-15-13(16-10)11-5-7-12(8-6-11)14(2,3)4/h5-8,10,13,15H,9H2,1-4H3. The lowest BCUT2D eigenvalue weighted by atomic mass is 9.87. The van der Waals surface area contributed by atoms with Gasteiger partial charge in [0.15, 0.2) is 0 Å². The van der Waals surface area contributed by atoms with Gasteiger partial charge in [0.1, 0.15) is 0 Å². The lowest BCUT2D eigenvalue weighted by Gasteiger charge is -2.20. The van der Waals surface area contributed by atoms with Crippen molar-refractivity contribution in [3.63, 3.8) is 0 Å². The molecule has 1 aliphatic rings. The first kappa shape index (κ1) is 12.0. The number of rotatable bonds is 1. The first-order chi connectivity index (χ1) is 7.47. The Morgan fingerprint density at radius 1 is 1.19 bits per heavy atom. The molecule has 1 nitrogen and oxygen atoms in total. The quantitative estimate of drug-likeness (QED) is 0.796. The summed E-state index contributed by atoms with van der Waals surface area (Å²) in [6.45, 7) is 10.2. The van der Waals surface area contributed by atoms with Gasteiger partial charge in [-0.3, -0.25) is 0 Å². The van der Waals surface area contributed by atoms with Crippen LogP contribution >= 0.6 is 11.8 Å². The Morgan fingerprint density at radius 3 is 2.25 bits per heavy atom. The van der Waals surface area contributed by atoms with Crippen LogP contribution in [0.15, 0.2) is 24.3 Å². The van der Waals surface area contributed by atoms with Crippen molar-refractivity contribution in [1.29, 1.82) is 0 Å². The molecular formula is C14H21NS. The van der Waals surface area contributed by atoms with E-state index in [4.69, 9.17) is 0 Å². The maximum atomic E-state index is 3.54. The van der Waals surface area contributed by atoms with Crippen LogP contribution in [0.4, 0.5) is 0 Å². The van der Waals surface area contributed by atoms with E-state index in [9.17, 15) is 0 Å². The fourth-order valence-electron chi connectivity index (χ4n) is 1.96. The van der Waals surface area contributed by atoms with Crippen LogP contribution in [-0.4, -0.2) is 11.8 Å². The van der Waals surface area contributed by atoms with E-state index in [0.29, 0.717) is 5.37 Å². The van der Waals surface area contributed by atoms with E-state index in [-0.39, 0.29) is 5.41 Å². The zero-order valence-electron chi connectivity index (χ0n) is 10.6. The van der Waals surface area contributed by atoms with Crippen molar-refractivity contribution < 1.29 is 0 Å².